The third-order valence-electron chi connectivity index (χ3n) is 4.52. The van der Waals surface area contributed by atoms with E-state index in [1.165, 1.54) is 11.1 Å². The summed E-state index contributed by atoms with van der Waals surface area (Å²) in [5, 5.41) is 3.05. The average Bonchev–Trinajstić information content (AvgIpc) is 2.98. The standard InChI is InChI=1S/C18H23N3O/c1-14(12-19-18(22)17-8-5-10-20(17)2)21-11-9-15-6-3-4-7-16(15)13-21/h3-8,10,14H,9,11-13H2,1-2H3,(H,19,22)/t14-/m1/s1. The first-order valence-corrected chi connectivity index (χ1v) is 7.85. The zero-order valence-electron chi connectivity index (χ0n) is 13.2. The van der Waals surface area contributed by atoms with Crippen molar-refractivity contribution in [2.45, 2.75) is 25.9 Å². The molecule has 1 N–H and O–H groups in total. The molecule has 22 heavy (non-hydrogen) atoms. The molecule has 4 nitrogen and oxygen atoms in total. The fourth-order valence-electron chi connectivity index (χ4n) is 3.05. The van der Waals surface area contributed by atoms with Crippen molar-refractivity contribution in [2.75, 3.05) is 13.1 Å². The molecule has 0 saturated carbocycles. The van der Waals surface area contributed by atoms with Crippen LogP contribution < -0.4 is 5.32 Å². The van der Waals surface area contributed by atoms with Gasteiger partial charge in [-0.1, -0.05) is 24.3 Å². The predicted molar refractivity (Wildman–Crippen MR) is 87.8 cm³/mol. The molecule has 4 heteroatoms. The number of hydrogen-bond donors (Lipinski definition) is 1. The Bertz CT molecular complexity index is 662. The molecule has 2 aromatic rings. The molecule has 1 aromatic heterocycles. The number of benzene rings is 1. The first kappa shape index (κ1) is 14.9. The molecule has 1 atom stereocenters. The van der Waals surface area contributed by atoms with Gasteiger partial charge in [-0.05, 0) is 36.6 Å². The van der Waals surface area contributed by atoms with E-state index < -0.39 is 0 Å². The van der Waals surface area contributed by atoms with Gasteiger partial charge in [-0.2, -0.15) is 0 Å². The first-order chi connectivity index (χ1) is 10.6. The number of amides is 1. The Labute approximate surface area is 131 Å². The first-order valence-electron chi connectivity index (χ1n) is 7.85. The van der Waals surface area contributed by atoms with Crippen molar-refractivity contribution < 1.29 is 4.79 Å². The van der Waals surface area contributed by atoms with Crippen molar-refractivity contribution in [3.8, 4) is 0 Å². The monoisotopic (exact) mass is 297 g/mol. The summed E-state index contributed by atoms with van der Waals surface area (Å²) in [5.41, 5.74) is 3.57. The number of fused-ring (bicyclic) bond motifs is 1. The van der Waals surface area contributed by atoms with Crippen LogP contribution in [0.25, 0.3) is 0 Å². The van der Waals surface area contributed by atoms with E-state index >= 15 is 0 Å². The molecular weight excluding hydrogens is 274 g/mol. The third-order valence-corrected chi connectivity index (χ3v) is 4.52. The molecule has 1 amide bonds. The summed E-state index contributed by atoms with van der Waals surface area (Å²) in [4.78, 5) is 14.6. The quantitative estimate of drug-likeness (QED) is 0.939. The van der Waals surface area contributed by atoms with Crippen LogP contribution in [0.15, 0.2) is 42.6 Å². The highest BCUT2D eigenvalue weighted by Gasteiger charge is 2.21. The lowest BCUT2D eigenvalue weighted by Gasteiger charge is -2.33. The number of hydrogen-bond acceptors (Lipinski definition) is 2. The SMILES string of the molecule is C[C@H](CNC(=O)c1cccn1C)N1CCc2ccccc2C1. The highest BCUT2D eigenvalue weighted by molar-refractivity contribution is 5.92. The molecule has 116 valence electrons. The van der Waals surface area contributed by atoms with E-state index in [0.29, 0.717) is 18.3 Å². The number of aromatic nitrogens is 1. The van der Waals surface area contributed by atoms with E-state index in [1.54, 1.807) is 0 Å². The van der Waals surface area contributed by atoms with E-state index in [9.17, 15) is 4.79 Å². The van der Waals surface area contributed by atoms with Crippen LogP contribution in [0, 0.1) is 0 Å². The summed E-state index contributed by atoms with van der Waals surface area (Å²) in [5.74, 6) is -0.00300. The van der Waals surface area contributed by atoms with Crippen LogP contribution in [0.3, 0.4) is 0 Å². The largest absolute Gasteiger partial charge is 0.349 e. The average molecular weight is 297 g/mol. The zero-order valence-corrected chi connectivity index (χ0v) is 13.2. The summed E-state index contributed by atoms with van der Waals surface area (Å²) in [6.07, 6.45) is 2.98. The van der Waals surface area contributed by atoms with E-state index in [-0.39, 0.29) is 5.91 Å². The minimum Gasteiger partial charge on any atom is -0.349 e. The summed E-state index contributed by atoms with van der Waals surface area (Å²) in [6.45, 7) is 4.88. The molecule has 1 aromatic carbocycles. The van der Waals surface area contributed by atoms with Crippen molar-refractivity contribution in [3.05, 3.63) is 59.4 Å². The van der Waals surface area contributed by atoms with Gasteiger partial charge in [0.05, 0.1) is 0 Å². The molecule has 0 radical (unpaired) electrons. The summed E-state index contributed by atoms with van der Waals surface area (Å²) in [6, 6.07) is 12.7. The van der Waals surface area contributed by atoms with Crippen LogP contribution in [0.4, 0.5) is 0 Å². The Morgan fingerprint density at radius 3 is 2.73 bits per heavy atom. The van der Waals surface area contributed by atoms with Gasteiger partial charge >= 0.3 is 0 Å². The minimum absolute atomic E-state index is 0.00300. The maximum atomic E-state index is 12.2. The van der Waals surface area contributed by atoms with Crippen LogP contribution in [0.5, 0.6) is 0 Å². The normalized spacial score (nSPS) is 16.1. The maximum Gasteiger partial charge on any atom is 0.267 e. The van der Waals surface area contributed by atoms with Gasteiger partial charge in [0.15, 0.2) is 0 Å². The van der Waals surface area contributed by atoms with Gasteiger partial charge in [-0.25, -0.2) is 0 Å². The predicted octanol–water partition coefficient (Wildman–Crippen LogP) is 2.20. The van der Waals surface area contributed by atoms with Crippen LogP contribution in [0.2, 0.25) is 0 Å². The van der Waals surface area contributed by atoms with Gasteiger partial charge in [0.2, 0.25) is 0 Å². The highest BCUT2D eigenvalue weighted by Crippen LogP contribution is 2.19. The lowest BCUT2D eigenvalue weighted by molar-refractivity contribution is 0.0924. The Hall–Kier alpha value is -2.07. The van der Waals surface area contributed by atoms with E-state index in [2.05, 4.69) is 41.4 Å². The van der Waals surface area contributed by atoms with Crippen LogP contribution in [-0.2, 0) is 20.0 Å². The van der Waals surface area contributed by atoms with Crippen LogP contribution in [-0.4, -0.2) is 34.5 Å². The van der Waals surface area contributed by atoms with E-state index in [1.807, 2.05) is 29.9 Å². The highest BCUT2D eigenvalue weighted by atomic mass is 16.1. The number of carbonyl (C=O) groups excluding carboxylic acids is 1. The summed E-state index contributed by atoms with van der Waals surface area (Å²) < 4.78 is 1.84. The molecular formula is C18H23N3O. The second-order valence-electron chi connectivity index (χ2n) is 6.05. The van der Waals surface area contributed by atoms with Gasteiger partial charge < -0.3 is 9.88 Å². The Balaban J connectivity index is 1.56. The molecule has 0 aliphatic carbocycles. The molecule has 0 unspecified atom stereocenters. The van der Waals surface area contributed by atoms with Crippen molar-refractivity contribution in [3.63, 3.8) is 0 Å². The fourth-order valence-corrected chi connectivity index (χ4v) is 3.05. The topological polar surface area (TPSA) is 37.3 Å². The second-order valence-corrected chi connectivity index (χ2v) is 6.05. The Morgan fingerprint density at radius 2 is 2.00 bits per heavy atom. The second kappa shape index (κ2) is 6.36. The smallest absolute Gasteiger partial charge is 0.267 e. The number of rotatable bonds is 4. The summed E-state index contributed by atoms with van der Waals surface area (Å²) in [7, 11) is 1.89. The number of carbonyl (C=O) groups is 1. The van der Waals surface area contributed by atoms with Crippen molar-refractivity contribution in [1.82, 2.24) is 14.8 Å². The lowest BCUT2D eigenvalue weighted by atomic mass is 9.99. The van der Waals surface area contributed by atoms with Gasteiger partial charge in [-0.3, -0.25) is 9.69 Å². The van der Waals surface area contributed by atoms with Crippen molar-refractivity contribution in [1.29, 1.82) is 0 Å². The molecule has 0 spiro atoms. The van der Waals surface area contributed by atoms with Gasteiger partial charge in [0.25, 0.3) is 5.91 Å². The molecule has 1 aliphatic heterocycles. The zero-order chi connectivity index (χ0) is 15.5. The lowest BCUT2D eigenvalue weighted by Crippen LogP contribution is -2.44. The molecule has 0 bridgehead atoms. The number of nitrogens with one attached hydrogen (secondary N) is 1. The van der Waals surface area contributed by atoms with Crippen molar-refractivity contribution >= 4 is 5.91 Å². The molecule has 3 rings (SSSR count). The van der Waals surface area contributed by atoms with E-state index in [4.69, 9.17) is 0 Å². The number of aryl methyl sites for hydroxylation is 1. The third kappa shape index (κ3) is 3.07. The summed E-state index contributed by atoms with van der Waals surface area (Å²) >= 11 is 0. The maximum absolute atomic E-state index is 12.2. The minimum atomic E-state index is -0.00300. The van der Waals surface area contributed by atoms with Crippen molar-refractivity contribution in [2.24, 2.45) is 7.05 Å². The molecule has 0 saturated heterocycles. The number of nitrogens with zero attached hydrogens (tertiary/aromatic N) is 2. The van der Waals surface area contributed by atoms with Gasteiger partial charge in [-0.15, -0.1) is 0 Å². The fraction of sp³-hybridized carbons (Fsp3) is 0.389. The van der Waals surface area contributed by atoms with Gasteiger partial charge in [0, 0.05) is 38.9 Å². The molecule has 0 fully saturated rings. The Morgan fingerprint density at radius 1 is 1.23 bits per heavy atom. The van der Waals surface area contributed by atoms with Gasteiger partial charge in [0.1, 0.15) is 5.69 Å². The van der Waals surface area contributed by atoms with Crippen LogP contribution in [0.1, 0.15) is 28.5 Å². The van der Waals surface area contributed by atoms with E-state index in [0.717, 1.165) is 19.5 Å². The van der Waals surface area contributed by atoms with Crippen LogP contribution >= 0.6 is 0 Å². The molecule has 1 aliphatic rings. The molecule has 2 heterocycles. The Kier molecular flexibility index (Phi) is 4.29.